The van der Waals surface area contributed by atoms with E-state index >= 15 is 0 Å². The number of nitrogens with one attached hydrogen (secondary N) is 1. The van der Waals surface area contributed by atoms with Crippen LogP contribution in [0.3, 0.4) is 0 Å². The average Bonchev–Trinajstić information content (AvgIpc) is 3.41. The fraction of sp³-hybridized carbons (Fsp3) is 0.176. The maximum Gasteiger partial charge on any atom is 0.277 e. The van der Waals surface area contributed by atoms with Crippen molar-refractivity contribution in [2.24, 2.45) is 0 Å². The number of nitrogens with zero attached hydrogens (tertiary/aromatic N) is 4. The fourth-order valence-electron chi connectivity index (χ4n) is 2.26. The van der Waals surface area contributed by atoms with Crippen molar-refractivity contribution in [3.8, 4) is 28.7 Å². The van der Waals surface area contributed by atoms with Crippen LogP contribution in [0.2, 0.25) is 0 Å². The van der Waals surface area contributed by atoms with E-state index in [1.165, 1.54) is 11.8 Å². The standard InChI is InChI=1S/C17H15N5O3S/c1-2-23-12-7-5-11(6-8-12)15-19-14(25-22-15)10-26-17-21-20-16(24-17)13-4-3-9-18-13/h3-9,18H,2,10H2,1H3. The molecule has 4 rings (SSSR count). The Bertz CT molecular complexity index is 963. The molecule has 0 aliphatic rings. The first-order valence-electron chi connectivity index (χ1n) is 7.97. The van der Waals surface area contributed by atoms with E-state index < -0.39 is 0 Å². The van der Waals surface area contributed by atoms with E-state index in [0.29, 0.717) is 35.2 Å². The first-order valence-corrected chi connectivity index (χ1v) is 8.96. The number of hydrogen-bond acceptors (Lipinski definition) is 8. The lowest BCUT2D eigenvalue weighted by Crippen LogP contribution is -1.90. The summed E-state index contributed by atoms with van der Waals surface area (Å²) in [5.74, 6) is 2.71. The Labute approximate surface area is 153 Å². The van der Waals surface area contributed by atoms with Gasteiger partial charge in [0.05, 0.1) is 12.4 Å². The number of hydrogen-bond donors (Lipinski definition) is 1. The minimum Gasteiger partial charge on any atom is -0.494 e. The summed E-state index contributed by atoms with van der Waals surface area (Å²) in [5, 5.41) is 12.5. The molecule has 4 aromatic rings. The molecule has 1 N–H and O–H groups in total. The van der Waals surface area contributed by atoms with Gasteiger partial charge in [0.2, 0.25) is 11.7 Å². The highest BCUT2D eigenvalue weighted by molar-refractivity contribution is 7.98. The lowest BCUT2D eigenvalue weighted by Gasteiger charge is -2.02. The normalized spacial score (nSPS) is 11.0. The van der Waals surface area contributed by atoms with Gasteiger partial charge in [-0.15, -0.1) is 10.2 Å². The molecule has 26 heavy (non-hydrogen) atoms. The molecule has 8 nitrogen and oxygen atoms in total. The highest BCUT2D eigenvalue weighted by Gasteiger charge is 2.13. The lowest BCUT2D eigenvalue weighted by atomic mass is 10.2. The molecule has 0 aliphatic carbocycles. The summed E-state index contributed by atoms with van der Waals surface area (Å²) in [6.07, 6.45) is 1.80. The number of ether oxygens (including phenoxy) is 1. The zero-order chi connectivity index (χ0) is 17.8. The third-order valence-corrected chi connectivity index (χ3v) is 4.25. The van der Waals surface area contributed by atoms with Gasteiger partial charge in [-0.05, 0) is 43.3 Å². The number of benzene rings is 1. The van der Waals surface area contributed by atoms with Crippen molar-refractivity contribution in [3.63, 3.8) is 0 Å². The molecular weight excluding hydrogens is 354 g/mol. The average molecular weight is 369 g/mol. The summed E-state index contributed by atoms with van der Waals surface area (Å²) >= 11 is 1.34. The summed E-state index contributed by atoms with van der Waals surface area (Å²) in [6, 6.07) is 11.3. The van der Waals surface area contributed by atoms with Gasteiger partial charge in [0.15, 0.2) is 0 Å². The van der Waals surface area contributed by atoms with Crippen molar-refractivity contribution in [1.82, 2.24) is 25.3 Å². The first kappa shape index (κ1) is 16.4. The molecule has 0 unspecified atom stereocenters. The quantitative estimate of drug-likeness (QED) is 0.491. The Morgan fingerprint density at radius 2 is 2.04 bits per heavy atom. The highest BCUT2D eigenvalue weighted by Crippen LogP contribution is 2.26. The van der Waals surface area contributed by atoms with Crippen molar-refractivity contribution < 1.29 is 13.7 Å². The van der Waals surface area contributed by atoms with E-state index in [9.17, 15) is 0 Å². The Balaban J connectivity index is 1.39. The largest absolute Gasteiger partial charge is 0.494 e. The number of rotatable bonds is 7. The molecule has 3 heterocycles. The van der Waals surface area contributed by atoms with Crippen molar-refractivity contribution in [1.29, 1.82) is 0 Å². The summed E-state index contributed by atoms with van der Waals surface area (Å²) in [5.41, 5.74) is 1.64. The number of aromatic nitrogens is 5. The van der Waals surface area contributed by atoms with Gasteiger partial charge in [0.1, 0.15) is 11.4 Å². The molecule has 132 valence electrons. The Hall–Kier alpha value is -3.07. The summed E-state index contributed by atoms with van der Waals surface area (Å²) in [7, 11) is 0. The Morgan fingerprint density at radius 3 is 2.81 bits per heavy atom. The van der Waals surface area contributed by atoms with E-state index in [-0.39, 0.29) is 0 Å². The van der Waals surface area contributed by atoms with Gasteiger partial charge >= 0.3 is 0 Å². The molecule has 0 saturated heterocycles. The minimum atomic E-state index is 0.440. The number of aromatic amines is 1. The summed E-state index contributed by atoms with van der Waals surface area (Å²) < 4.78 is 16.3. The second-order valence-corrected chi connectivity index (χ2v) is 6.14. The smallest absolute Gasteiger partial charge is 0.277 e. The maximum absolute atomic E-state index is 5.58. The zero-order valence-electron chi connectivity index (χ0n) is 13.9. The van der Waals surface area contributed by atoms with Gasteiger partial charge in [-0.1, -0.05) is 16.9 Å². The molecule has 0 fully saturated rings. The van der Waals surface area contributed by atoms with Crippen LogP contribution in [-0.4, -0.2) is 31.9 Å². The van der Waals surface area contributed by atoms with Crippen LogP contribution in [0.25, 0.3) is 23.0 Å². The third kappa shape index (κ3) is 3.62. The van der Waals surface area contributed by atoms with Gasteiger partial charge in [-0.3, -0.25) is 0 Å². The second-order valence-electron chi connectivity index (χ2n) is 5.21. The van der Waals surface area contributed by atoms with E-state index in [4.69, 9.17) is 13.7 Å². The molecule has 0 spiro atoms. The van der Waals surface area contributed by atoms with E-state index in [1.54, 1.807) is 6.20 Å². The van der Waals surface area contributed by atoms with Crippen LogP contribution >= 0.6 is 11.8 Å². The minimum absolute atomic E-state index is 0.440. The predicted molar refractivity (Wildman–Crippen MR) is 94.5 cm³/mol. The van der Waals surface area contributed by atoms with Gasteiger partial charge in [-0.25, -0.2) is 0 Å². The third-order valence-electron chi connectivity index (χ3n) is 3.45. The maximum atomic E-state index is 5.58. The van der Waals surface area contributed by atoms with Crippen LogP contribution in [0.5, 0.6) is 5.75 Å². The van der Waals surface area contributed by atoms with E-state index in [1.807, 2.05) is 43.3 Å². The van der Waals surface area contributed by atoms with E-state index in [2.05, 4.69) is 25.3 Å². The molecule has 0 saturated carbocycles. The van der Waals surface area contributed by atoms with Crippen LogP contribution in [-0.2, 0) is 5.75 Å². The first-order chi connectivity index (χ1) is 12.8. The molecule has 0 atom stereocenters. The van der Waals surface area contributed by atoms with Crippen molar-refractivity contribution in [2.75, 3.05) is 6.61 Å². The van der Waals surface area contributed by atoms with Crippen molar-refractivity contribution in [3.05, 3.63) is 48.5 Å². The number of thioether (sulfide) groups is 1. The van der Waals surface area contributed by atoms with Crippen LogP contribution in [0.1, 0.15) is 12.8 Å². The molecule has 3 aromatic heterocycles. The molecule has 0 bridgehead atoms. The monoisotopic (exact) mass is 369 g/mol. The Morgan fingerprint density at radius 1 is 1.15 bits per heavy atom. The Kier molecular flexibility index (Phi) is 4.69. The second kappa shape index (κ2) is 7.44. The van der Waals surface area contributed by atoms with Gasteiger partial charge in [0, 0.05) is 11.8 Å². The summed E-state index contributed by atoms with van der Waals surface area (Å²) in [6.45, 7) is 2.58. The van der Waals surface area contributed by atoms with Gasteiger partial charge < -0.3 is 18.7 Å². The predicted octanol–water partition coefficient (Wildman–Crippen LogP) is 3.81. The molecule has 9 heteroatoms. The summed E-state index contributed by atoms with van der Waals surface area (Å²) in [4.78, 5) is 7.41. The SMILES string of the molecule is CCOc1ccc(-c2noc(CSc3nnc(-c4ccc[nH]4)o3)n2)cc1. The van der Waals surface area contributed by atoms with Gasteiger partial charge in [0.25, 0.3) is 11.1 Å². The van der Waals surface area contributed by atoms with Crippen LogP contribution in [0.15, 0.2) is 56.8 Å². The zero-order valence-corrected chi connectivity index (χ0v) is 14.7. The molecular formula is C17H15N5O3S. The van der Waals surface area contributed by atoms with Crippen LogP contribution < -0.4 is 4.74 Å². The van der Waals surface area contributed by atoms with Gasteiger partial charge in [-0.2, -0.15) is 4.98 Å². The lowest BCUT2D eigenvalue weighted by molar-refractivity contribution is 0.340. The molecule has 1 aromatic carbocycles. The van der Waals surface area contributed by atoms with Crippen molar-refractivity contribution in [2.45, 2.75) is 17.9 Å². The van der Waals surface area contributed by atoms with Crippen LogP contribution in [0.4, 0.5) is 0 Å². The fourth-order valence-corrected chi connectivity index (χ4v) is 2.86. The topological polar surface area (TPSA) is 103 Å². The van der Waals surface area contributed by atoms with Crippen molar-refractivity contribution >= 4 is 11.8 Å². The number of H-pyrrole nitrogens is 1. The van der Waals surface area contributed by atoms with Crippen LogP contribution in [0, 0.1) is 0 Å². The highest BCUT2D eigenvalue weighted by atomic mass is 32.2. The molecule has 0 aliphatic heterocycles. The molecule has 0 radical (unpaired) electrons. The van der Waals surface area contributed by atoms with E-state index in [0.717, 1.165) is 17.0 Å². The molecule has 0 amide bonds.